The Hall–Kier alpha value is -8.59. The second-order valence-electron chi connectivity index (χ2n) is 37.6. The number of carbonyl (C=O) groups is 8. The fraction of sp³-hybridized carbons (Fsp3) is 0.629. The number of aromatic nitrogens is 1. The minimum atomic E-state index is -3.99. The first-order valence-corrected chi connectivity index (χ1v) is 45.0. The lowest BCUT2D eigenvalue weighted by atomic mass is 9.85. The molecule has 27 heteroatoms. The van der Waals surface area contributed by atoms with E-state index in [0.717, 1.165) is 120 Å². The molecule has 2 saturated heterocycles. The number of allylic oxidation sites excluding steroid dienone is 2. The molecule has 1 aromatic heterocycles. The van der Waals surface area contributed by atoms with Gasteiger partial charge in [-0.1, -0.05) is 56.1 Å². The molecule has 6 amide bonds. The summed E-state index contributed by atoms with van der Waals surface area (Å²) in [5.74, 6) is -3.24. The minimum Gasteiger partial charge on any atom is -0.497 e. The van der Waals surface area contributed by atoms with Gasteiger partial charge in [-0.15, -0.1) is 13.2 Å². The third kappa shape index (κ3) is 17.5. The lowest BCUT2D eigenvalue weighted by molar-refractivity contribution is -0.159. The highest BCUT2D eigenvalue weighted by Crippen LogP contribution is 2.56. The van der Waals surface area contributed by atoms with Gasteiger partial charge in [0.15, 0.2) is 0 Å². The van der Waals surface area contributed by atoms with Crippen LogP contribution in [0.15, 0.2) is 79.9 Å². The molecule has 25 nitrogen and oxygen atoms in total. The van der Waals surface area contributed by atoms with E-state index in [-0.39, 0.29) is 69.3 Å². The van der Waals surface area contributed by atoms with Crippen molar-refractivity contribution in [3.05, 3.63) is 102 Å². The number of pyridine rings is 1. The average Bonchev–Trinajstić information content (AvgIpc) is 1.54. The summed E-state index contributed by atoms with van der Waals surface area (Å²) in [5.41, 5.74) is -1.44. The van der Waals surface area contributed by atoms with Crippen molar-refractivity contribution in [3.8, 4) is 23.0 Å². The molecule has 6 aliphatic carbocycles. The largest absolute Gasteiger partial charge is 0.497 e. The van der Waals surface area contributed by atoms with Crippen molar-refractivity contribution in [1.82, 2.24) is 34.9 Å². The highest BCUT2D eigenvalue weighted by atomic mass is 32.2. The van der Waals surface area contributed by atoms with E-state index in [4.69, 9.17) is 33.4 Å². The van der Waals surface area contributed by atoms with Crippen molar-refractivity contribution in [3.63, 3.8) is 0 Å². The predicted molar refractivity (Wildman–Crippen MR) is 437 cm³/mol. The molecule has 116 heavy (non-hydrogen) atoms. The zero-order valence-corrected chi connectivity index (χ0v) is 70.7. The predicted octanol–water partition coefficient (Wildman–Crippen LogP) is 12.5. The summed E-state index contributed by atoms with van der Waals surface area (Å²) in [6.07, 6.45) is 23.1. The minimum absolute atomic E-state index is 0.0989. The number of carbonyl (C=O) groups excluding carboxylic acids is 8. The van der Waals surface area contributed by atoms with Gasteiger partial charge >= 0.3 is 11.9 Å². The maximum atomic E-state index is 15.0. The van der Waals surface area contributed by atoms with Crippen LogP contribution in [0, 0.1) is 23.7 Å². The number of fused-ring (bicyclic) bond motifs is 8. The van der Waals surface area contributed by atoms with E-state index in [0.29, 0.717) is 94.5 Å². The van der Waals surface area contributed by atoms with E-state index in [1.165, 1.54) is 0 Å². The van der Waals surface area contributed by atoms with Crippen LogP contribution in [-0.4, -0.2) is 161 Å². The normalized spacial score (nSPS) is 28.1. The third-order valence-electron chi connectivity index (χ3n) is 26.1. The van der Waals surface area contributed by atoms with Gasteiger partial charge in [-0.25, -0.2) is 21.8 Å². The Kier molecular flexibility index (Phi) is 22.9. The number of esters is 2. The number of nitrogens with one attached hydrogen (secondary N) is 4. The van der Waals surface area contributed by atoms with Crippen LogP contribution in [-0.2, 0) is 80.7 Å². The quantitative estimate of drug-likeness (QED) is 0.0288. The van der Waals surface area contributed by atoms with E-state index >= 15 is 4.79 Å². The Morgan fingerprint density at radius 2 is 1.32 bits per heavy atom. The molecule has 6 heterocycles. The van der Waals surface area contributed by atoms with Crippen LogP contribution >= 0.6 is 0 Å². The molecule has 3 aromatic carbocycles. The highest BCUT2D eigenvalue weighted by Gasteiger charge is 2.66. The molecule has 5 aliphatic heterocycles. The van der Waals surface area contributed by atoms with Crippen molar-refractivity contribution in [2.45, 2.75) is 302 Å². The third-order valence-corrected chi connectivity index (χ3v) is 30.4. The smallest absolute Gasteiger partial charge is 0.307 e. The fourth-order valence-electron chi connectivity index (χ4n) is 18.1. The van der Waals surface area contributed by atoms with Gasteiger partial charge in [-0.05, 0) is 242 Å². The van der Waals surface area contributed by atoms with Crippen LogP contribution in [0.25, 0.3) is 21.7 Å². The van der Waals surface area contributed by atoms with Crippen LogP contribution in [0.2, 0.25) is 0 Å². The summed E-state index contributed by atoms with van der Waals surface area (Å²) in [4.78, 5) is 122. The van der Waals surface area contributed by atoms with Gasteiger partial charge in [0.1, 0.15) is 68.6 Å². The number of hydrogen-bond donors (Lipinski definition) is 4. The van der Waals surface area contributed by atoms with E-state index in [9.17, 15) is 50.4 Å². The second kappa shape index (κ2) is 31.6. The number of nitrogens with zero attached hydrogens (tertiary/aromatic N) is 3. The molecule has 0 bridgehead atoms. The summed E-state index contributed by atoms with van der Waals surface area (Å²) in [6.45, 7) is 21.8. The number of amides is 6. The van der Waals surface area contributed by atoms with Gasteiger partial charge in [-0.3, -0.25) is 47.8 Å². The Morgan fingerprint density at radius 3 is 1.94 bits per heavy atom. The van der Waals surface area contributed by atoms with Crippen LogP contribution < -0.4 is 39.0 Å². The van der Waals surface area contributed by atoms with Crippen molar-refractivity contribution >= 4 is 89.1 Å². The Balaban J connectivity index is 0.000000191. The molecule has 4 N–H and O–H groups in total. The topological polar surface area (TPSA) is 328 Å². The van der Waals surface area contributed by atoms with Gasteiger partial charge in [-0.2, -0.15) is 0 Å². The van der Waals surface area contributed by atoms with E-state index < -0.39 is 134 Å². The summed E-state index contributed by atoms with van der Waals surface area (Å²) in [5, 5.41) is 9.01. The molecule has 2 spiro atoms. The van der Waals surface area contributed by atoms with E-state index in [2.05, 4.69) is 45.4 Å². The highest BCUT2D eigenvalue weighted by molar-refractivity contribution is 7.92. The van der Waals surface area contributed by atoms with Crippen molar-refractivity contribution in [2.24, 2.45) is 23.7 Å². The second-order valence-corrected chi connectivity index (χ2v) is 41.9. The summed E-state index contributed by atoms with van der Waals surface area (Å²) in [6, 6.07) is 12.0. The summed E-state index contributed by atoms with van der Waals surface area (Å²) < 4.78 is 92.2. The lowest BCUT2D eigenvalue weighted by Crippen LogP contribution is -2.57. The number of rotatable bonds is 24. The Labute approximate surface area is 682 Å². The molecule has 11 aliphatic rings. The standard InChI is InChI=1S/C46H61N3O9S.C43H56N4O9S/c1-8-10-11-12-13-14-31(24-38(50)57-43(3,4)5)41(52)49-28-45(20-19-34-35-25-33(56-7)18-17-30(35)23-36(29-15-16-29)39(34)58-45)27-37(49)40(51)47-46(26-32(46)9-2)42(53)48-59(54,55)44(6)21-22-44;1-40(2,3)55-34(48)21-27-11-9-7-6-8-10-12-28-23-43(28,39(51)46-57(52,53)41(4)19-20-41)45-37(49)33-24-42(25-47(33)38(27)50)18-17-30-31-22-29(54-5)15-16-32(31)44-35(26-13-14-26)36(30)56-42/h8-9,17-18,23,25,29,31-32,37H,1-2,10-16,19-22,24,26-28H2,3-7H3,(H,47,51)(H,48,53);10,12,15-16,22,26-28,33H,6-9,11,13-14,17-21,23-25H2,1-5H3,(H,45,49)(H,46,51)/b;12-10-/t31-,32-,37+,45-,46-;27-,28?,33?,42-,43?/m11/s1. The number of hydrogen-bond acceptors (Lipinski definition) is 19. The van der Waals surface area contributed by atoms with Gasteiger partial charge in [0.25, 0.3) is 11.8 Å². The van der Waals surface area contributed by atoms with Gasteiger partial charge in [0, 0.05) is 58.9 Å². The number of likely N-dealkylation sites (tertiary alicyclic amines) is 1. The molecular weight excluding hydrogens is 1520 g/mol. The van der Waals surface area contributed by atoms with Crippen molar-refractivity contribution in [2.75, 3.05) is 27.3 Å². The Bertz CT molecular complexity index is 4900. The van der Waals surface area contributed by atoms with Crippen molar-refractivity contribution < 1.29 is 83.6 Å². The van der Waals surface area contributed by atoms with Crippen LogP contribution in [0.4, 0.5) is 0 Å². The summed E-state index contributed by atoms with van der Waals surface area (Å²) >= 11 is 0. The van der Waals surface area contributed by atoms with E-state index in [1.54, 1.807) is 85.5 Å². The molecule has 8 fully saturated rings. The molecule has 0 radical (unpaired) electrons. The molecule has 10 atom stereocenters. The van der Waals surface area contributed by atoms with Gasteiger partial charge < -0.3 is 48.9 Å². The maximum absolute atomic E-state index is 15.0. The molecule has 6 saturated carbocycles. The molecule has 4 aromatic rings. The Morgan fingerprint density at radius 1 is 0.698 bits per heavy atom. The van der Waals surface area contributed by atoms with E-state index in [1.807, 2.05) is 48.6 Å². The molecular formula is C89H117N7O18S2. The van der Waals surface area contributed by atoms with Crippen LogP contribution in [0.3, 0.4) is 0 Å². The SMILES string of the molecule is C=CCCCCC[C@H](CC(=O)OC(C)(C)C)C(=O)N1C[C@@]2(CCc3c(c(C4CC4)cc4ccc(OC)cc34)O2)C[C@H]1C(=O)N[C@]1(C(=O)NS(=O)(=O)C2(C)CC2)C[C@H]1C=C.COc1ccc2nc(C3CC3)c3c(c2c1)CC[C@]1(CC2C(=O)NC4(C(=O)NS(=O)(=O)C5(C)CC5)CC4/C=C\CCCCC[C@H](CC(=O)OC(C)(C)C)C(=O)N2C1)O3. The maximum Gasteiger partial charge on any atom is 0.307 e. The fourth-order valence-corrected chi connectivity index (χ4v) is 20.7. The number of ether oxygens (including phenoxy) is 6. The van der Waals surface area contributed by atoms with Gasteiger partial charge in [0.05, 0.1) is 60.9 Å². The lowest BCUT2D eigenvalue weighted by Gasteiger charge is -2.37. The van der Waals surface area contributed by atoms with Crippen LogP contribution in [0.5, 0.6) is 23.0 Å². The monoisotopic (exact) mass is 1640 g/mol. The zero-order chi connectivity index (χ0) is 83.1. The first-order chi connectivity index (χ1) is 54.8. The molecule has 628 valence electrons. The number of aryl methyl sites for hydroxylation is 2. The number of unbranched alkanes of at least 4 members (excludes halogenated alkanes) is 3. The van der Waals surface area contributed by atoms with Gasteiger partial charge in [0.2, 0.25) is 43.7 Å². The number of methoxy groups -OCH3 is 2. The summed E-state index contributed by atoms with van der Waals surface area (Å²) in [7, 11) is -4.71. The molecule has 15 rings (SSSR count). The van der Waals surface area contributed by atoms with Crippen LogP contribution in [0.1, 0.15) is 257 Å². The average molecular weight is 1640 g/mol. The van der Waals surface area contributed by atoms with Crippen molar-refractivity contribution in [1.29, 1.82) is 0 Å². The number of benzene rings is 3. The first kappa shape index (κ1) is 83.9. The molecule has 3 unspecified atom stereocenters. The number of sulfonamides is 2. The first-order valence-electron chi connectivity index (χ1n) is 42.1. The zero-order valence-electron chi connectivity index (χ0n) is 69.1.